The summed E-state index contributed by atoms with van der Waals surface area (Å²) in [5.41, 5.74) is 2.07. The van der Waals surface area contributed by atoms with Crippen molar-refractivity contribution < 1.29 is 14.4 Å². The van der Waals surface area contributed by atoms with E-state index in [-0.39, 0.29) is 36.1 Å². The first-order valence-corrected chi connectivity index (χ1v) is 11.2. The third kappa shape index (κ3) is 5.63. The number of hydrogen-bond acceptors (Lipinski definition) is 3. The smallest absolute Gasteiger partial charge is 0.246 e. The van der Waals surface area contributed by atoms with Gasteiger partial charge in [0.25, 0.3) is 0 Å². The van der Waals surface area contributed by atoms with E-state index >= 15 is 0 Å². The van der Waals surface area contributed by atoms with Gasteiger partial charge in [-0.25, -0.2) is 0 Å². The van der Waals surface area contributed by atoms with Crippen LogP contribution in [0.1, 0.15) is 30.4 Å². The molecule has 2 fully saturated rings. The highest BCUT2D eigenvalue weighted by atomic mass is 16.2. The second kappa shape index (κ2) is 10.3. The average molecular weight is 432 g/mol. The minimum atomic E-state index is -0.306. The van der Waals surface area contributed by atoms with Crippen molar-refractivity contribution in [3.63, 3.8) is 0 Å². The van der Waals surface area contributed by atoms with Gasteiger partial charge in [-0.3, -0.25) is 14.4 Å². The van der Waals surface area contributed by atoms with Crippen LogP contribution in [0, 0.1) is 5.92 Å². The molecule has 1 atom stereocenters. The highest BCUT2D eigenvalue weighted by molar-refractivity contribution is 5.92. The molecule has 1 unspecified atom stereocenters. The molecule has 0 bridgehead atoms. The molecule has 2 heterocycles. The van der Waals surface area contributed by atoms with Gasteiger partial charge in [0.05, 0.1) is 5.92 Å². The molecule has 2 aliphatic rings. The van der Waals surface area contributed by atoms with Crippen molar-refractivity contribution in [1.29, 1.82) is 0 Å². The van der Waals surface area contributed by atoms with Gasteiger partial charge in [-0.1, -0.05) is 60.7 Å². The minimum absolute atomic E-state index is 0.00317. The fourth-order valence-electron chi connectivity index (χ4n) is 4.30. The van der Waals surface area contributed by atoms with Gasteiger partial charge >= 0.3 is 0 Å². The summed E-state index contributed by atoms with van der Waals surface area (Å²) in [6.07, 6.45) is 5.16. The number of piperidine rings is 1. The molecule has 1 N–H and O–H groups in total. The highest BCUT2D eigenvalue weighted by Crippen LogP contribution is 2.21. The Morgan fingerprint density at radius 3 is 2.31 bits per heavy atom. The lowest BCUT2D eigenvalue weighted by Crippen LogP contribution is -2.47. The number of carbonyl (C=O) groups excluding carboxylic acids is 3. The lowest BCUT2D eigenvalue weighted by atomic mass is 10.0. The molecule has 0 aliphatic carbocycles. The average Bonchev–Trinajstić information content (AvgIpc) is 3.19. The Morgan fingerprint density at radius 2 is 1.62 bits per heavy atom. The quantitative estimate of drug-likeness (QED) is 0.715. The first-order valence-electron chi connectivity index (χ1n) is 11.2. The number of likely N-dealkylation sites (tertiary alicyclic amines) is 2. The third-order valence-corrected chi connectivity index (χ3v) is 6.17. The molecular weight excluding hydrogens is 402 g/mol. The van der Waals surface area contributed by atoms with Gasteiger partial charge in [0.1, 0.15) is 0 Å². The molecule has 4 rings (SSSR count). The maximum absolute atomic E-state index is 12.8. The Morgan fingerprint density at radius 1 is 0.969 bits per heavy atom. The SMILES string of the molecule is O=C(NC1CCN(C(=O)/C=C/c2ccccc2)CC1)C1CC(=O)N(Cc2ccccc2)C1. The van der Waals surface area contributed by atoms with Crippen LogP contribution in [-0.4, -0.2) is 53.2 Å². The predicted octanol–water partition coefficient (Wildman–Crippen LogP) is 2.86. The van der Waals surface area contributed by atoms with E-state index < -0.39 is 0 Å². The summed E-state index contributed by atoms with van der Waals surface area (Å²) >= 11 is 0. The highest BCUT2D eigenvalue weighted by Gasteiger charge is 2.35. The van der Waals surface area contributed by atoms with Crippen LogP contribution in [0.5, 0.6) is 0 Å². The number of carbonyl (C=O) groups is 3. The van der Waals surface area contributed by atoms with Gasteiger partial charge in [-0.05, 0) is 30.0 Å². The summed E-state index contributed by atoms with van der Waals surface area (Å²) in [4.78, 5) is 41.1. The van der Waals surface area contributed by atoms with E-state index in [2.05, 4.69) is 5.32 Å². The first-order chi connectivity index (χ1) is 15.6. The third-order valence-electron chi connectivity index (χ3n) is 6.17. The van der Waals surface area contributed by atoms with Crippen LogP contribution in [0.4, 0.5) is 0 Å². The number of nitrogens with one attached hydrogen (secondary N) is 1. The van der Waals surface area contributed by atoms with Crippen LogP contribution in [-0.2, 0) is 20.9 Å². The first kappa shape index (κ1) is 21.8. The van der Waals surface area contributed by atoms with Crippen molar-refractivity contribution in [2.45, 2.75) is 31.8 Å². The van der Waals surface area contributed by atoms with Crippen LogP contribution in [0.3, 0.4) is 0 Å². The number of amides is 3. The molecule has 6 nitrogen and oxygen atoms in total. The van der Waals surface area contributed by atoms with Crippen molar-refractivity contribution in [2.24, 2.45) is 5.92 Å². The summed E-state index contributed by atoms with van der Waals surface area (Å²) < 4.78 is 0. The Labute approximate surface area is 188 Å². The molecule has 3 amide bonds. The fourth-order valence-corrected chi connectivity index (χ4v) is 4.30. The molecular formula is C26H29N3O3. The number of benzene rings is 2. The van der Waals surface area contributed by atoms with Gasteiger partial charge in [-0.15, -0.1) is 0 Å². The summed E-state index contributed by atoms with van der Waals surface area (Å²) in [7, 11) is 0. The topological polar surface area (TPSA) is 69.7 Å². The monoisotopic (exact) mass is 431 g/mol. The molecule has 0 aromatic heterocycles. The zero-order valence-corrected chi connectivity index (χ0v) is 18.2. The zero-order chi connectivity index (χ0) is 22.3. The number of hydrogen-bond donors (Lipinski definition) is 1. The minimum Gasteiger partial charge on any atom is -0.353 e. The molecule has 2 aromatic carbocycles. The molecule has 32 heavy (non-hydrogen) atoms. The second-order valence-electron chi connectivity index (χ2n) is 8.51. The standard InChI is InChI=1S/C26H29N3O3/c30-24(12-11-20-7-3-1-4-8-20)28-15-13-23(14-16-28)27-26(32)22-17-25(31)29(19-22)18-21-9-5-2-6-10-21/h1-12,22-23H,13-19H2,(H,27,32)/b12-11+. The summed E-state index contributed by atoms with van der Waals surface area (Å²) in [5, 5.41) is 3.11. The molecule has 2 aliphatic heterocycles. The summed E-state index contributed by atoms with van der Waals surface area (Å²) in [6, 6.07) is 19.6. The number of rotatable bonds is 6. The molecule has 2 saturated heterocycles. The normalized spacial score (nSPS) is 19.5. The Hall–Kier alpha value is -3.41. The summed E-state index contributed by atoms with van der Waals surface area (Å²) in [6.45, 7) is 2.24. The van der Waals surface area contributed by atoms with Crippen LogP contribution in [0.15, 0.2) is 66.7 Å². The van der Waals surface area contributed by atoms with Crippen molar-refractivity contribution in [1.82, 2.24) is 15.1 Å². The molecule has 0 spiro atoms. The van der Waals surface area contributed by atoms with E-state index in [4.69, 9.17) is 0 Å². The van der Waals surface area contributed by atoms with Crippen LogP contribution >= 0.6 is 0 Å². The van der Waals surface area contributed by atoms with Crippen molar-refractivity contribution in [3.05, 3.63) is 77.9 Å². The van der Waals surface area contributed by atoms with Gasteiger partial charge in [0.15, 0.2) is 0 Å². The lowest BCUT2D eigenvalue weighted by Gasteiger charge is -2.32. The van der Waals surface area contributed by atoms with Crippen LogP contribution < -0.4 is 5.32 Å². The van der Waals surface area contributed by atoms with E-state index in [9.17, 15) is 14.4 Å². The fraction of sp³-hybridized carbons (Fsp3) is 0.346. The lowest BCUT2D eigenvalue weighted by molar-refractivity contribution is -0.130. The molecule has 6 heteroatoms. The largest absolute Gasteiger partial charge is 0.353 e. The Bertz CT molecular complexity index is 966. The second-order valence-corrected chi connectivity index (χ2v) is 8.51. The van der Waals surface area contributed by atoms with E-state index in [0.717, 1.165) is 24.0 Å². The van der Waals surface area contributed by atoms with Gasteiger partial charge < -0.3 is 15.1 Å². The maximum atomic E-state index is 12.8. The summed E-state index contributed by atoms with van der Waals surface area (Å²) in [5.74, 6) is -0.335. The Balaban J connectivity index is 1.22. The van der Waals surface area contributed by atoms with E-state index in [0.29, 0.717) is 26.2 Å². The predicted molar refractivity (Wildman–Crippen MR) is 123 cm³/mol. The van der Waals surface area contributed by atoms with Gasteiger partial charge in [0.2, 0.25) is 17.7 Å². The van der Waals surface area contributed by atoms with Crippen molar-refractivity contribution in [3.8, 4) is 0 Å². The zero-order valence-electron chi connectivity index (χ0n) is 18.2. The molecule has 2 aromatic rings. The molecule has 0 saturated carbocycles. The van der Waals surface area contributed by atoms with Crippen LogP contribution in [0.2, 0.25) is 0 Å². The Kier molecular flexibility index (Phi) is 7.00. The van der Waals surface area contributed by atoms with Gasteiger partial charge in [0, 0.05) is 44.7 Å². The molecule has 166 valence electrons. The van der Waals surface area contributed by atoms with E-state index in [1.165, 1.54) is 0 Å². The number of nitrogens with zero attached hydrogens (tertiary/aromatic N) is 2. The maximum Gasteiger partial charge on any atom is 0.246 e. The van der Waals surface area contributed by atoms with Crippen molar-refractivity contribution >= 4 is 23.8 Å². The van der Waals surface area contributed by atoms with Crippen molar-refractivity contribution in [2.75, 3.05) is 19.6 Å². The molecule has 0 radical (unpaired) electrons. The van der Waals surface area contributed by atoms with E-state index in [1.54, 1.807) is 11.0 Å². The van der Waals surface area contributed by atoms with E-state index in [1.807, 2.05) is 71.6 Å². The van der Waals surface area contributed by atoms with Crippen LogP contribution in [0.25, 0.3) is 6.08 Å². The van der Waals surface area contributed by atoms with Gasteiger partial charge in [-0.2, -0.15) is 0 Å².